The van der Waals surface area contributed by atoms with Crippen LogP contribution in [0.3, 0.4) is 0 Å². The van der Waals surface area contributed by atoms with E-state index in [9.17, 15) is 0 Å². The van der Waals surface area contributed by atoms with Gasteiger partial charge in [-0.2, -0.15) is 0 Å². The van der Waals surface area contributed by atoms with Gasteiger partial charge in [-0.3, -0.25) is 0 Å². The molecule has 0 spiro atoms. The van der Waals surface area contributed by atoms with Crippen LogP contribution in [0.1, 0.15) is 0 Å². The molecule has 0 bridgehead atoms. The van der Waals surface area contributed by atoms with Crippen molar-refractivity contribution < 1.29 is 8.83 Å². The monoisotopic (exact) mass is 1580 g/mol. The Morgan fingerprint density at radius 1 is 0.153 bits per heavy atom. The lowest BCUT2D eigenvalue weighted by molar-refractivity contribution is 0.671. The molecule has 6 aromatic heterocycles. The van der Waals surface area contributed by atoms with E-state index in [0.29, 0.717) is 34.9 Å². The number of furan rings is 2. The highest BCUT2D eigenvalue weighted by Crippen LogP contribution is 2.45. The Labute approximate surface area is 713 Å². The maximum absolute atomic E-state index is 6.97. The van der Waals surface area contributed by atoms with Crippen molar-refractivity contribution in [1.82, 2.24) is 39.0 Å². The van der Waals surface area contributed by atoms with E-state index in [1.807, 2.05) is 72.8 Å². The van der Waals surface area contributed by atoms with E-state index in [1.165, 1.54) is 44.2 Å². The average Bonchev–Trinajstić information content (AvgIpc) is 1.56. The molecule has 124 heavy (non-hydrogen) atoms. The summed E-state index contributed by atoms with van der Waals surface area (Å²) in [5, 5.41) is 8.79. The minimum Gasteiger partial charge on any atom is -0.454 e. The topological polar surface area (TPSA) is 113 Å². The number of benzene rings is 18. The number of para-hydroxylation sites is 2. The first-order valence-corrected chi connectivity index (χ1v) is 41.7. The summed E-state index contributed by atoms with van der Waals surface area (Å²) in [5.41, 5.74) is 29.1. The molecule has 0 atom stereocenters. The molecule has 6 heterocycles. The minimum atomic E-state index is 0.579. The van der Waals surface area contributed by atoms with Crippen LogP contribution in [0, 0.1) is 0 Å². The van der Waals surface area contributed by atoms with Gasteiger partial charge in [-0.25, -0.2) is 29.9 Å². The molecular formula is C114H72N8O2. The molecular weight excluding hydrogens is 1510 g/mol. The van der Waals surface area contributed by atoms with Gasteiger partial charge in [-0.15, -0.1) is 0 Å². The van der Waals surface area contributed by atoms with Crippen LogP contribution in [0.25, 0.3) is 234 Å². The van der Waals surface area contributed by atoms with Crippen LogP contribution < -0.4 is 0 Å². The Bertz CT molecular complexity index is 8170. The Balaban J connectivity index is 0.000000143. The Hall–Kier alpha value is -16.8. The summed E-state index contributed by atoms with van der Waals surface area (Å²) in [6.07, 6.45) is 0. The van der Waals surface area contributed by atoms with E-state index in [-0.39, 0.29) is 0 Å². The molecule has 0 aliphatic carbocycles. The van der Waals surface area contributed by atoms with Crippen molar-refractivity contribution in [2.75, 3.05) is 0 Å². The van der Waals surface area contributed by atoms with Gasteiger partial charge in [0.15, 0.2) is 46.1 Å². The number of fused-ring (bicyclic) bond motifs is 14. The molecule has 0 amide bonds. The quantitative estimate of drug-likeness (QED) is 0.106. The second-order valence-electron chi connectivity index (χ2n) is 31.2. The van der Waals surface area contributed by atoms with E-state index in [0.717, 1.165) is 155 Å². The summed E-state index contributed by atoms with van der Waals surface area (Å²) in [5.74, 6) is 3.61. The van der Waals surface area contributed by atoms with Gasteiger partial charge in [-0.1, -0.05) is 346 Å². The molecule has 0 saturated carbocycles. The van der Waals surface area contributed by atoms with Gasteiger partial charge in [-0.05, 0) is 158 Å². The van der Waals surface area contributed by atoms with E-state index in [2.05, 4.69) is 373 Å². The fraction of sp³-hybridized carbons (Fsp3) is 0. The van der Waals surface area contributed by atoms with E-state index in [4.69, 9.17) is 38.7 Å². The largest absolute Gasteiger partial charge is 0.454 e. The third-order valence-electron chi connectivity index (χ3n) is 23.7. The molecule has 0 radical (unpaired) electrons. The standard InChI is InChI=1S/2C57H36N4O/c1-4-14-37(15-5-1)41-20-12-21-42(34-41)39-26-29-46(30-27-39)61-51-25-11-10-24-47(51)49-32-33-50-48-31-28-45(36-52(48)62-54(50)53(49)61)57-59-55(40-18-8-3-9-19-40)58-56(60-57)44-23-13-22-43(35-44)38-16-6-2-7-17-38;1-4-13-37(14-5-1)39-23-25-42(26-24-39)56-58-55(41-17-8-3-9-18-41)59-57(60-56)45-29-32-48-50-34-33-49-47-21-10-11-22-51(47)61(53(49)54(50)62-52(48)36-45)46-30-27-40(28-31-46)44-20-12-19-43(35-44)38-15-6-2-7-16-38/h2*1-36H. The third kappa shape index (κ3) is 13.3. The van der Waals surface area contributed by atoms with Crippen molar-refractivity contribution in [3.63, 3.8) is 0 Å². The molecule has 0 unspecified atom stereocenters. The lowest BCUT2D eigenvalue weighted by Gasteiger charge is -2.10. The molecule has 0 N–H and O–H groups in total. The zero-order chi connectivity index (χ0) is 82.0. The van der Waals surface area contributed by atoms with E-state index < -0.39 is 0 Å². The fourth-order valence-corrected chi connectivity index (χ4v) is 17.6. The predicted octanol–water partition coefficient (Wildman–Crippen LogP) is 29.7. The minimum absolute atomic E-state index is 0.579. The second-order valence-corrected chi connectivity index (χ2v) is 31.2. The molecule has 18 aromatic carbocycles. The van der Waals surface area contributed by atoms with Gasteiger partial charge in [0.1, 0.15) is 11.2 Å². The molecule has 0 saturated heterocycles. The van der Waals surface area contributed by atoms with Gasteiger partial charge >= 0.3 is 0 Å². The summed E-state index contributed by atoms with van der Waals surface area (Å²) in [4.78, 5) is 30.3. The van der Waals surface area contributed by atoms with Gasteiger partial charge in [0.25, 0.3) is 0 Å². The number of aromatic nitrogens is 8. The first-order valence-electron chi connectivity index (χ1n) is 41.7. The molecule has 24 rings (SSSR count). The van der Waals surface area contributed by atoms with Crippen LogP contribution in [-0.4, -0.2) is 39.0 Å². The van der Waals surface area contributed by atoms with Crippen LogP contribution in [0.2, 0.25) is 0 Å². The number of nitrogens with zero attached hydrogens (tertiary/aromatic N) is 8. The zero-order valence-corrected chi connectivity index (χ0v) is 67.0. The summed E-state index contributed by atoms with van der Waals surface area (Å²) < 4.78 is 18.6. The van der Waals surface area contributed by atoms with Crippen LogP contribution >= 0.6 is 0 Å². The first kappa shape index (κ1) is 72.4. The van der Waals surface area contributed by atoms with Crippen LogP contribution in [-0.2, 0) is 0 Å². The summed E-state index contributed by atoms with van der Waals surface area (Å²) >= 11 is 0. The van der Waals surface area contributed by atoms with Crippen LogP contribution in [0.5, 0.6) is 0 Å². The van der Waals surface area contributed by atoms with E-state index >= 15 is 0 Å². The van der Waals surface area contributed by atoms with Gasteiger partial charge in [0.2, 0.25) is 0 Å². The first-order chi connectivity index (χ1) is 61.4. The lowest BCUT2D eigenvalue weighted by atomic mass is 9.99. The van der Waals surface area contributed by atoms with Crippen molar-refractivity contribution in [1.29, 1.82) is 0 Å². The molecule has 10 heteroatoms. The molecule has 0 aliphatic rings. The van der Waals surface area contributed by atoms with Gasteiger partial charge in [0.05, 0.1) is 22.1 Å². The Morgan fingerprint density at radius 2 is 0.379 bits per heavy atom. The van der Waals surface area contributed by atoms with Crippen molar-refractivity contribution in [2.45, 2.75) is 0 Å². The Morgan fingerprint density at radius 3 is 0.742 bits per heavy atom. The normalized spacial score (nSPS) is 11.5. The predicted molar refractivity (Wildman–Crippen MR) is 508 cm³/mol. The third-order valence-corrected chi connectivity index (χ3v) is 23.7. The summed E-state index contributed by atoms with van der Waals surface area (Å²) in [6.45, 7) is 0. The second kappa shape index (κ2) is 30.8. The van der Waals surface area contributed by atoms with Crippen LogP contribution in [0.4, 0.5) is 0 Å². The highest BCUT2D eigenvalue weighted by Gasteiger charge is 2.25. The summed E-state index contributed by atoms with van der Waals surface area (Å²) in [7, 11) is 0. The van der Waals surface area contributed by atoms with Crippen LogP contribution in [0.15, 0.2) is 446 Å². The van der Waals surface area contributed by atoms with Gasteiger partial charge < -0.3 is 18.0 Å². The van der Waals surface area contributed by atoms with Crippen molar-refractivity contribution in [3.05, 3.63) is 437 Å². The maximum Gasteiger partial charge on any atom is 0.164 e. The Kier molecular flexibility index (Phi) is 18.0. The average molecular weight is 1590 g/mol. The van der Waals surface area contributed by atoms with Crippen molar-refractivity contribution in [2.24, 2.45) is 0 Å². The number of hydrogen-bond acceptors (Lipinski definition) is 8. The fourth-order valence-electron chi connectivity index (χ4n) is 17.6. The van der Waals surface area contributed by atoms with Gasteiger partial charge in [0, 0.05) is 87.8 Å². The zero-order valence-electron chi connectivity index (χ0n) is 67.0. The van der Waals surface area contributed by atoms with E-state index in [1.54, 1.807) is 0 Å². The molecule has 0 aliphatic heterocycles. The molecule has 580 valence electrons. The number of rotatable bonds is 14. The lowest BCUT2D eigenvalue weighted by Crippen LogP contribution is -2.00. The highest BCUT2D eigenvalue weighted by molar-refractivity contribution is 6.23. The molecule has 10 nitrogen and oxygen atoms in total. The SMILES string of the molecule is c1ccc(-c2ccc(-c3nc(-c4ccccc4)nc(-c4ccc5c(c4)oc4c5ccc5c6ccccc6n(-c6ccc(-c7cccc(-c8ccccc8)c7)cc6)c54)n3)cc2)cc1.c1ccc(-c2cccc(-c3ccc(-n4c5ccccc5c5ccc6c7ccc(-c8nc(-c9ccccc9)nc(-c9cccc(-c%10ccccc%10)c9)n8)cc7oc6c54)cc3)c2)cc1. The van der Waals surface area contributed by atoms with Crippen molar-refractivity contribution in [3.8, 4) is 146 Å². The highest BCUT2D eigenvalue weighted by atomic mass is 16.3. The van der Waals surface area contributed by atoms with Crippen molar-refractivity contribution >= 4 is 87.5 Å². The number of hydrogen-bond donors (Lipinski definition) is 0. The smallest absolute Gasteiger partial charge is 0.164 e. The maximum atomic E-state index is 6.97. The molecule has 24 aromatic rings. The summed E-state index contributed by atoms with van der Waals surface area (Å²) in [6, 6.07) is 153. The molecule has 0 fully saturated rings.